The molecule has 0 spiro atoms. The monoisotopic (exact) mass is 277 g/mol. The molecule has 1 N–H and O–H groups in total. The van der Waals surface area contributed by atoms with Crippen LogP contribution < -0.4 is 10.1 Å². The molecule has 0 bridgehead atoms. The molecule has 0 fully saturated rings. The third kappa shape index (κ3) is 3.36. The van der Waals surface area contributed by atoms with E-state index in [1.165, 1.54) is 12.1 Å². The van der Waals surface area contributed by atoms with Gasteiger partial charge in [-0.05, 0) is 38.1 Å². The Balaban J connectivity index is 1.99. The van der Waals surface area contributed by atoms with Crippen molar-refractivity contribution < 1.29 is 9.13 Å². The molecule has 0 unspecified atom stereocenters. The van der Waals surface area contributed by atoms with Gasteiger partial charge in [-0.25, -0.2) is 4.39 Å². The maximum Gasteiger partial charge on any atom is 0.123 e. The van der Waals surface area contributed by atoms with Gasteiger partial charge in [-0.1, -0.05) is 0 Å². The van der Waals surface area contributed by atoms with E-state index in [9.17, 15) is 4.39 Å². The van der Waals surface area contributed by atoms with Crippen LogP contribution in [0, 0.1) is 5.82 Å². The van der Waals surface area contributed by atoms with Gasteiger partial charge in [0, 0.05) is 30.5 Å². The number of nitrogens with zero attached hydrogens (tertiary/aromatic N) is 2. The van der Waals surface area contributed by atoms with Gasteiger partial charge in [0.15, 0.2) is 0 Å². The molecule has 2 aromatic rings. The number of nitrogens with one attached hydrogen (secondary N) is 1. The number of benzene rings is 1. The van der Waals surface area contributed by atoms with Crippen molar-refractivity contribution in [2.45, 2.75) is 32.5 Å². The Bertz CT molecular complexity index is 542. The molecule has 1 heterocycles. The summed E-state index contributed by atoms with van der Waals surface area (Å²) < 4.78 is 20.4. The molecule has 0 aliphatic rings. The minimum atomic E-state index is -0.254. The first-order valence-corrected chi connectivity index (χ1v) is 6.66. The summed E-state index contributed by atoms with van der Waals surface area (Å²) >= 11 is 0. The highest BCUT2D eigenvalue weighted by atomic mass is 19.1. The topological polar surface area (TPSA) is 39.1 Å². The summed E-state index contributed by atoms with van der Waals surface area (Å²) in [5.41, 5.74) is 0.812. The second-order valence-electron chi connectivity index (χ2n) is 4.85. The molecule has 108 valence electrons. The van der Waals surface area contributed by atoms with Crippen LogP contribution in [0.4, 0.5) is 4.39 Å². The predicted octanol–water partition coefficient (Wildman–Crippen LogP) is 2.77. The zero-order chi connectivity index (χ0) is 14.5. The van der Waals surface area contributed by atoms with Crippen LogP contribution >= 0.6 is 0 Å². The Morgan fingerprint density at radius 2 is 2.20 bits per heavy atom. The molecule has 0 radical (unpaired) electrons. The Morgan fingerprint density at radius 1 is 1.40 bits per heavy atom. The smallest absolute Gasteiger partial charge is 0.123 e. The quantitative estimate of drug-likeness (QED) is 0.882. The number of methoxy groups -OCH3 is 1. The van der Waals surface area contributed by atoms with E-state index in [1.807, 2.05) is 16.9 Å². The summed E-state index contributed by atoms with van der Waals surface area (Å²) in [6, 6.07) is 6.86. The van der Waals surface area contributed by atoms with Crippen molar-refractivity contribution in [2.75, 3.05) is 7.11 Å². The second kappa shape index (κ2) is 6.52. The second-order valence-corrected chi connectivity index (χ2v) is 4.85. The zero-order valence-corrected chi connectivity index (χ0v) is 12.0. The lowest BCUT2D eigenvalue weighted by Gasteiger charge is -2.22. The number of hydrogen-bond donors (Lipinski definition) is 1. The van der Waals surface area contributed by atoms with Crippen LogP contribution in [0.5, 0.6) is 5.75 Å². The molecule has 0 saturated carbocycles. The van der Waals surface area contributed by atoms with E-state index in [4.69, 9.17) is 4.74 Å². The molecule has 0 aliphatic heterocycles. The summed E-state index contributed by atoms with van der Waals surface area (Å²) in [5, 5.41) is 7.61. The van der Waals surface area contributed by atoms with Crippen LogP contribution in [0.3, 0.4) is 0 Å². The first-order valence-electron chi connectivity index (χ1n) is 6.66. The summed E-state index contributed by atoms with van der Waals surface area (Å²) in [6.45, 7) is 4.72. The number of rotatable bonds is 6. The van der Waals surface area contributed by atoms with E-state index in [1.54, 1.807) is 19.4 Å². The third-order valence-electron chi connectivity index (χ3n) is 3.52. The molecule has 0 amide bonds. The van der Waals surface area contributed by atoms with E-state index >= 15 is 0 Å². The van der Waals surface area contributed by atoms with Gasteiger partial charge in [-0.3, -0.25) is 4.68 Å². The average molecular weight is 277 g/mol. The van der Waals surface area contributed by atoms with Gasteiger partial charge in [0.2, 0.25) is 0 Å². The number of halogens is 1. The maximum absolute atomic E-state index is 13.3. The highest BCUT2D eigenvalue weighted by Crippen LogP contribution is 2.20. The standard InChI is InChI=1S/C15H20FN3O/c1-11(12(2)19-8-4-7-18-19)17-10-13-9-14(16)5-6-15(13)20-3/h4-9,11-12,17H,10H2,1-3H3/t11-,12+/m0/s1. The Kier molecular flexibility index (Phi) is 4.74. The Hall–Kier alpha value is -1.88. The molecular weight excluding hydrogens is 257 g/mol. The highest BCUT2D eigenvalue weighted by Gasteiger charge is 2.14. The van der Waals surface area contributed by atoms with Gasteiger partial charge in [0.05, 0.1) is 13.2 Å². The summed E-state index contributed by atoms with van der Waals surface area (Å²) in [6.07, 6.45) is 3.70. The van der Waals surface area contributed by atoms with Crippen LogP contribution in [-0.2, 0) is 6.54 Å². The predicted molar refractivity (Wildman–Crippen MR) is 76.2 cm³/mol. The fraction of sp³-hybridized carbons (Fsp3) is 0.400. The molecule has 0 aliphatic carbocycles. The molecule has 1 aromatic carbocycles. The first-order chi connectivity index (χ1) is 9.61. The minimum absolute atomic E-state index is 0.197. The van der Waals surface area contributed by atoms with Gasteiger partial charge < -0.3 is 10.1 Å². The zero-order valence-electron chi connectivity index (χ0n) is 12.0. The van der Waals surface area contributed by atoms with Crippen molar-refractivity contribution in [3.8, 4) is 5.75 Å². The minimum Gasteiger partial charge on any atom is -0.496 e. The molecule has 5 heteroatoms. The average Bonchev–Trinajstić information content (AvgIpc) is 2.98. The van der Waals surface area contributed by atoms with Crippen LogP contribution in [0.25, 0.3) is 0 Å². The van der Waals surface area contributed by atoms with Gasteiger partial charge in [-0.15, -0.1) is 0 Å². The summed E-state index contributed by atoms with van der Waals surface area (Å²) in [4.78, 5) is 0. The molecule has 4 nitrogen and oxygen atoms in total. The van der Waals surface area contributed by atoms with Crippen molar-refractivity contribution in [1.82, 2.24) is 15.1 Å². The highest BCUT2D eigenvalue weighted by molar-refractivity contribution is 5.33. The molecule has 2 atom stereocenters. The van der Waals surface area contributed by atoms with Crippen LogP contribution in [0.2, 0.25) is 0 Å². The normalized spacial score (nSPS) is 14.0. The largest absolute Gasteiger partial charge is 0.496 e. The van der Waals surface area contributed by atoms with Crippen molar-refractivity contribution >= 4 is 0 Å². The summed E-state index contributed by atoms with van der Waals surface area (Å²) in [5.74, 6) is 0.438. The molecular formula is C15H20FN3O. The molecule has 1 aromatic heterocycles. The molecule has 20 heavy (non-hydrogen) atoms. The fourth-order valence-electron chi connectivity index (χ4n) is 2.08. The van der Waals surface area contributed by atoms with Crippen molar-refractivity contribution in [3.05, 3.63) is 48.0 Å². The van der Waals surface area contributed by atoms with Crippen molar-refractivity contribution in [3.63, 3.8) is 0 Å². The fourth-order valence-corrected chi connectivity index (χ4v) is 2.08. The number of aromatic nitrogens is 2. The van der Waals surface area contributed by atoms with Gasteiger partial charge >= 0.3 is 0 Å². The van der Waals surface area contributed by atoms with Gasteiger partial charge in [0.1, 0.15) is 11.6 Å². The van der Waals surface area contributed by atoms with Crippen LogP contribution in [0.15, 0.2) is 36.7 Å². The lowest BCUT2D eigenvalue weighted by Crippen LogP contribution is -2.33. The van der Waals surface area contributed by atoms with Crippen LogP contribution in [-0.4, -0.2) is 22.9 Å². The van der Waals surface area contributed by atoms with E-state index in [-0.39, 0.29) is 17.9 Å². The maximum atomic E-state index is 13.3. The van der Waals surface area contributed by atoms with E-state index < -0.39 is 0 Å². The van der Waals surface area contributed by atoms with Gasteiger partial charge in [0.25, 0.3) is 0 Å². The Labute approximate surface area is 118 Å². The number of ether oxygens (including phenoxy) is 1. The first kappa shape index (κ1) is 14.5. The summed E-state index contributed by atoms with van der Waals surface area (Å²) in [7, 11) is 1.59. The molecule has 0 saturated heterocycles. The van der Waals surface area contributed by atoms with E-state index in [0.717, 1.165) is 5.56 Å². The van der Waals surface area contributed by atoms with Crippen molar-refractivity contribution in [2.24, 2.45) is 0 Å². The SMILES string of the molecule is COc1ccc(F)cc1CN[C@@H](C)[C@@H](C)n1cccn1. The lowest BCUT2D eigenvalue weighted by molar-refractivity contribution is 0.359. The van der Waals surface area contributed by atoms with Crippen molar-refractivity contribution in [1.29, 1.82) is 0 Å². The lowest BCUT2D eigenvalue weighted by atomic mass is 10.1. The number of hydrogen-bond acceptors (Lipinski definition) is 3. The third-order valence-corrected chi connectivity index (χ3v) is 3.52. The van der Waals surface area contributed by atoms with E-state index in [0.29, 0.717) is 12.3 Å². The van der Waals surface area contributed by atoms with Crippen LogP contribution in [0.1, 0.15) is 25.5 Å². The van der Waals surface area contributed by atoms with Gasteiger partial charge in [-0.2, -0.15) is 5.10 Å². The molecule has 2 rings (SSSR count). The Morgan fingerprint density at radius 3 is 2.85 bits per heavy atom. The van der Waals surface area contributed by atoms with E-state index in [2.05, 4.69) is 24.3 Å².